The van der Waals surface area contributed by atoms with Gasteiger partial charge in [-0.2, -0.15) is 14.9 Å². The number of hydrogen-bond acceptors (Lipinski definition) is 4. The van der Waals surface area contributed by atoms with Crippen molar-refractivity contribution < 1.29 is 4.74 Å². The Morgan fingerprint density at radius 3 is 2.57 bits per heavy atom. The molecule has 0 fully saturated rings. The molecule has 0 unspecified atom stereocenters. The average Bonchev–Trinajstić information content (AvgIpc) is 3.08. The Kier molecular flexibility index (Phi) is 5.12. The summed E-state index contributed by atoms with van der Waals surface area (Å²) in [5, 5.41) is 11.7. The number of aromatic amines is 1. The van der Waals surface area contributed by atoms with Gasteiger partial charge in [0.05, 0.1) is 6.21 Å². The first-order valence-electron chi connectivity index (χ1n) is 8.81. The van der Waals surface area contributed by atoms with Crippen LogP contribution in [-0.2, 0) is 0 Å². The lowest BCUT2D eigenvalue weighted by Gasteiger charge is -2.06. The van der Waals surface area contributed by atoms with E-state index in [1.807, 2.05) is 85.8 Å². The van der Waals surface area contributed by atoms with E-state index in [1.54, 1.807) is 10.9 Å². The minimum Gasteiger partial charge on any atom is -0.457 e. The van der Waals surface area contributed by atoms with Crippen molar-refractivity contribution in [3.05, 3.63) is 94.8 Å². The minimum absolute atomic E-state index is 0.435. The molecular weight excluding hydrogens is 368 g/mol. The highest BCUT2D eigenvalue weighted by molar-refractivity contribution is 7.71. The van der Waals surface area contributed by atoms with Gasteiger partial charge in [-0.25, -0.2) is 5.10 Å². The second-order valence-electron chi connectivity index (χ2n) is 6.27. The lowest BCUT2D eigenvalue weighted by molar-refractivity contribution is 0.482. The monoisotopic (exact) mass is 386 g/mol. The molecule has 1 aromatic heterocycles. The largest absolute Gasteiger partial charge is 0.457 e. The van der Waals surface area contributed by atoms with Crippen LogP contribution in [0.4, 0.5) is 0 Å². The smallest absolute Gasteiger partial charge is 0.216 e. The highest BCUT2D eigenvalue weighted by Gasteiger charge is 2.08. The zero-order valence-electron chi connectivity index (χ0n) is 15.2. The first-order valence-corrected chi connectivity index (χ1v) is 9.22. The van der Waals surface area contributed by atoms with Crippen LogP contribution in [0.25, 0.3) is 11.4 Å². The third-order valence-electron chi connectivity index (χ3n) is 4.09. The number of aromatic nitrogens is 3. The van der Waals surface area contributed by atoms with E-state index in [2.05, 4.69) is 15.3 Å². The van der Waals surface area contributed by atoms with Gasteiger partial charge < -0.3 is 4.74 Å². The first kappa shape index (κ1) is 17.9. The van der Waals surface area contributed by atoms with E-state index < -0.39 is 0 Å². The molecule has 0 saturated heterocycles. The van der Waals surface area contributed by atoms with Crippen molar-refractivity contribution in [1.29, 1.82) is 0 Å². The number of nitrogens with one attached hydrogen (secondary N) is 1. The number of ether oxygens (including phenoxy) is 1. The summed E-state index contributed by atoms with van der Waals surface area (Å²) in [5.74, 6) is 2.20. The SMILES string of the molecule is Cc1cccc(-c2n[nH]c(=S)n2N=Cc2cccc(Oc3ccccc3)c2)c1. The summed E-state index contributed by atoms with van der Waals surface area (Å²) in [6, 6.07) is 25.4. The second-order valence-corrected chi connectivity index (χ2v) is 6.65. The predicted molar refractivity (Wildman–Crippen MR) is 114 cm³/mol. The highest BCUT2D eigenvalue weighted by atomic mass is 32.1. The predicted octanol–water partition coefficient (Wildman–Crippen LogP) is 5.59. The fraction of sp³-hybridized carbons (Fsp3) is 0.0455. The summed E-state index contributed by atoms with van der Waals surface area (Å²) >= 11 is 5.34. The fourth-order valence-electron chi connectivity index (χ4n) is 2.78. The van der Waals surface area contributed by atoms with Crippen molar-refractivity contribution in [1.82, 2.24) is 14.9 Å². The number of aryl methyl sites for hydroxylation is 1. The number of nitrogens with zero attached hydrogens (tertiary/aromatic N) is 3. The molecule has 1 N–H and O–H groups in total. The van der Waals surface area contributed by atoms with Gasteiger partial charge in [0.1, 0.15) is 11.5 Å². The van der Waals surface area contributed by atoms with E-state index in [1.165, 1.54) is 0 Å². The highest BCUT2D eigenvalue weighted by Crippen LogP contribution is 2.22. The molecule has 28 heavy (non-hydrogen) atoms. The molecule has 0 spiro atoms. The molecule has 4 rings (SSSR count). The topological polar surface area (TPSA) is 55.2 Å². The third-order valence-corrected chi connectivity index (χ3v) is 4.35. The van der Waals surface area contributed by atoms with E-state index in [-0.39, 0.29) is 0 Å². The average molecular weight is 386 g/mol. The molecule has 6 heteroatoms. The minimum atomic E-state index is 0.435. The standard InChI is InChI=1S/C22H18N4OS/c1-16-7-5-9-18(13-16)21-24-25-22(28)26(21)23-15-17-8-6-12-20(14-17)27-19-10-3-2-4-11-19/h2-15H,1H3,(H,25,28). The molecule has 0 saturated carbocycles. The Morgan fingerprint density at radius 1 is 0.964 bits per heavy atom. The summed E-state index contributed by atoms with van der Waals surface area (Å²) in [4.78, 5) is 0. The first-order chi connectivity index (χ1) is 13.7. The summed E-state index contributed by atoms with van der Waals surface area (Å²) in [6.45, 7) is 2.04. The van der Waals surface area contributed by atoms with E-state index in [0.717, 1.165) is 28.2 Å². The van der Waals surface area contributed by atoms with E-state index >= 15 is 0 Å². The van der Waals surface area contributed by atoms with Crippen LogP contribution in [0, 0.1) is 11.7 Å². The Bertz CT molecular complexity index is 1180. The summed E-state index contributed by atoms with van der Waals surface area (Å²) in [6.07, 6.45) is 1.74. The van der Waals surface area contributed by atoms with Crippen LogP contribution in [0.2, 0.25) is 0 Å². The molecule has 5 nitrogen and oxygen atoms in total. The van der Waals surface area contributed by atoms with E-state index in [0.29, 0.717) is 10.6 Å². The van der Waals surface area contributed by atoms with Gasteiger partial charge in [0.2, 0.25) is 4.77 Å². The van der Waals surface area contributed by atoms with Gasteiger partial charge >= 0.3 is 0 Å². The van der Waals surface area contributed by atoms with Gasteiger partial charge in [0.15, 0.2) is 5.82 Å². The van der Waals surface area contributed by atoms with Crippen LogP contribution in [0.1, 0.15) is 11.1 Å². The molecule has 0 bridgehead atoms. The number of hydrogen-bond donors (Lipinski definition) is 1. The van der Waals surface area contributed by atoms with Gasteiger partial charge in [0, 0.05) is 5.56 Å². The quantitative estimate of drug-likeness (QED) is 0.359. The molecule has 0 radical (unpaired) electrons. The van der Waals surface area contributed by atoms with Crippen LogP contribution < -0.4 is 4.74 Å². The molecule has 0 atom stereocenters. The number of para-hydroxylation sites is 1. The maximum absolute atomic E-state index is 5.88. The van der Waals surface area contributed by atoms with E-state index in [4.69, 9.17) is 17.0 Å². The maximum atomic E-state index is 5.88. The zero-order valence-corrected chi connectivity index (χ0v) is 16.1. The number of H-pyrrole nitrogens is 1. The van der Waals surface area contributed by atoms with Crippen molar-refractivity contribution in [2.75, 3.05) is 0 Å². The van der Waals surface area contributed by atoms with E-state index in [9.17, 15) is 0 Å². The lowest BCUT2D eigenvalue weighted by Crippen LogP contribution is -1.95. The molecule has 1 heterocycles. The second kappa shape index (κ2) is 8.02. The summed E-state index contributed by atoms with van der Waals surface area (Å²) < 4.78 is 7.93. The maximum Gasteiger partial charge on any atom is 0.216 e. The molecular formula is C22H18N4OS. The molecule has 138 valence electrons. The van der Waals surface area contributed by atoms with Crippen molar-refractivity contribution in [3.8, 4) is 22.9 Å². The Labute approximate surface area is 167 Å². The Hall–Kier alpha value is -3.51. The van der Waals surface area contributed by atoms with Gasteiger partial charge in [-0.15, -0.1) is 0 Å². The zero-order chi connectivity index (χ0) is 19.3. The third kappa shape index (κ3) is 4.07. The van der Waals surface area contributed by atoms with Crippen LogP contribution >= 0.6 is 12.2 Å². The lowest BCUT2D eigenvalue weighted by atomic mass is 10.1. The van der Waals surface area contributed by atoms with Crippen molar-refractivity contribution >= 4 is 18.4 Å². The molecule has 0 aliphatic heterocycles. The van der Waals surface area contributed by atoms with Crippen LogP contribution in [0.15, 0.2) is 84.0 Å². The van der Waals surface area contributed by atoms with Crippen molar-refractivity contribution in [2.45, 2.75) is 6.92 Å². The fourth-order valence-corrected chi connectivity index (χ4v) is 2.96. The van der Waals surface area contributed by atoms with Gasteiger partial charge in [-0.1, -0.05) is 54.1 Å². The van der Waals surface area contributed by atoms with Crippen molar-refractivity contribution in [2.24, 2.45) is 5.10 Å². The molecule has 0 aliphatic carbocycles. The Balaban J connectivity index is 1.61. The molecule has 0 aliphatic rings. The number of rotatable bonds is 5. The molecule has 4 aromatic rings. The summed E-state index contributed by atoms with van der Waals surface area (Å²) in [5.41, 5.74) is 2.99. The van der Waals surface area contributed by atoms with Crippen LogP contribution in [0.5, 0.6) is 11.5 Å². The van der Waals surface area contributed by atoms with Crippen molar-refractivity contribution in [3.63, 3.8) is 0 Å². The van der Waals surface area contributed by atoms with Gasteiger partial charge in [-0.05, 0) is 55.0 Å². The summed E-state index contributed by atoms with van der Waals surface area (Å²) in [7, 11) is 0. The Morgan fingerprint density at radius 2 is 1.75 bits per heavy atom. The normalized spacial score (nSPS) is 11.0. The van der Waals surface area contributed by atoms with Gasteiger partial charge in [0.25, 0.3) is 0 Å². The molecule has 0 amide bonds. The van der Waals surface area contributed by atoms with Gasteiger partial charge in [-0.3, -0.25) is 0 Å². The van der Waals surface area contributed by atoms with Crippen LogP contribution in [-0.4, -0.2) is 21.1 Å². The number of benzene rings is 3. The van der Waals surface area contributed by atoms with Crippen LogP contribution in [0.3, 0.4) is 0 Å². The molecule has 3 aromatic carbocycles.